The quantitative estimate of drug-likeness (QED) is 0.608. The number of anilines is 3. The van der Waals surface area contributed by atoms with E-state index in [0.717, 1.165) is 24.1 Å². The Morgan fingerprint density at radius 1 is 1.26 bits per heavy atom. The number of benzene rings is 1. The van der Waals surface area contributed by atoms with Gasteiger partial charge in [0.15, 0.2) is 0 Å². The van der Waals surface area contributed by atoms with E-state index in [2.05, 4.69) is 15.3 Å². The molecule has 2 fully saturated rings. The molecule has 2 aliphatic rings. The number of likely N-dealkylation sites (tertiary alicyclic amines) is 1. The molecule has 2 unspecified atom stereocenters. The minimum absolute atomic E-state index is 0.172. The number of alkyl halides is 1. The third kappa shape index (κ3) is 4.47. The Bertz CT molecular complexity index is 965. The molecule has 8 nitrogen and oxygen atoms in total. The van der Waals surface area contributed by atoms with E-state index >= 15 is 0 Å². The Morgan fingerprint density at radius 3 is 2.68 bits per heavy atom. The molecule has 4 rings (SSSR count). The smallest absolute Gasteiger partial charge is 0.320 e. The number of aryl methyl sites for hydroxylation is 1. The molecule has 0 aliphatic carbocycles. The minimum Gasteiger partial charge on any atom is -0.467 e. The lowest BCUT2D eigenvalue weighted by Gasteiger charge is -2.36. The first kappa shape index (κ1) is 21.5. The zero-order chi connectivity index (χ0) is 22.1. The standard InChI is InChI=1S/C22H29FN6O2/c1-13-6-14(9-24)19(7-17(13)16-4-5-28(2)12-18(16)23)25-20-8-21(27-22(26-20)31-3)29-10-15(30)11-29/h6-9,15-16,18,24,30H,4-5,10-12H2,1-3H3,(H,25,26,27). The third-order valence-electron chi connectivity index (χ3n) is 6.06. The fraction of sp³-hybridized carbons (Fsp3) is 0.500. The van der Waals surface area contributed by atoms with Gasteiger partial charge in [0.25, 0.3) is 0 Å². The van der Waals surface area contributed by atoms with Crippen molar-refractivity contribution in [2.24, 2.45) is 0 Å². The molecule has 1 aromatic carbocycles. The van der Waals surface area contributed by atoms with Gasteiger partial charge in [-0.3, -0.25) is 0 Å². The van der Waals surface area contributed by atoms with E-state index in [1.807, 2.05) is 35.9 Å². The van der Waals surface area contributed by atoms with Crippen molar-refractivity contribution < 1.29 is 14.2 Å². The molecule has 9 heteroatoms. The van der Waals surface area contributed by atoms with E-state index in [-0.39, 0.29) is 18.0 Å². The lowest BCUT2D eigenvalue weighted by Crippen LogP contribution is -2.51. The van der Waals surface area contributed by atoms with Crippen molar-refractivity contribution in [3.8, 4) is 6.01 Å². The van der Waals surface area contributed by atoms with Crippen LogP contribution in [0.5, 0.6) is 6.01 Å². The fourth-order valence-corrected chi connectivity index (χ4v) is 4.29. The third-order valence-corrected chi connectivity index (χ3v) is 6.06. The van der Waals surface area contributed by atoms with Crippen LogP contribution in [0.2, 0.25) is 0 Å². The molecule has 166 valence electrons. The van der Waals surface area contributed by atoms with Crippen molar-refractivity contribution in [2.45, 2.75) is 31.5 Å². The number of nitrogens with zero attached hydrogens (tertiary/aromatic N) is 4. The van der Waals surface area contributed by atoms with Crippen LogP contribution >= 0.6 is 0 Å². The molecule has 0 spiro atoms. The molecule has 0 bridgehead atoms. The highest BCUT2D eigenvalue weighted by molar-refractivity contribution is 5.88. The number of aromatic nitrogens is 2. The Labute approximate surface area is 181 Å². The van der Waals surface area contributed by atoms with E-state index in [1.54, 1.807) is 6.07 Å². The highest BCUT2D eigenvalue weighted by atomic mass is 19.1. The molecule has 0 amide bonds. The van der Waals surface area contributed by atoms with Crippen LogP contribution in [0.4, 0.5) is 21.7 Å². The first-order chi connectivity index (χ1) is 14.9. The van der Waals surface area contributed by atoms with E-state index in [4.69, 9.17) is 10.1 Å². The summed E-state index contributed by atoms with van der Waals surface area (Å²) in [6, 6.07) is 5.86. The summed E-state index contributed by atoms with van der Waals surface area (Å²) < 4.78 is 20.1. The average molecular weight is 429 g/mol. The average Bonchev–Trinajstić information content (AvgIpc) is 2.72. The van der Waals surface area contributed by atoms with E-state index in [9.17, 15) is 9.50 Å². The van der Waals surface area contributed by atoms with Gasteiger partial charge in [0, 0.05) is 49.1 Å². The van der Waals surface area contributed by atoms with Gasteiger partial charge in [0.1, 0.15) is 17.8 Å². The predicted molar refractivity (Wildman–Crippen MR) is 119 cm³/mol. The SMILES string of the molecule is COc1nc(Nc2cc(C3CCN(C)CC3F)c(C)cc2C=N)cc(N2CC(O)C2)n1. The molecule has 31 heavy (non-hydrogen) atoms. The monoisotopic (exact) mass is 428 g/mol. The van der Waals surface area contributed by atoms with Gasteiger partial charge in [-0.25, -0.2) is 4.39 Å². The second-order valence-corrected chi connectivity index (χ2v) is 8.40. The van der Waals surface area contributed by atoms with Gasteiger partial charge in [-0.2, -0.15) is 9.97 Å². The minimum atomic E-state index is -0.931. The number of methoxy groups -OCH3 is 1. The number of ether oxygens (including phenoxy) is 1. The normalized spacial score (nSPS) is 22.2. The van der Waals surface area contributed by atoms with Gasteiger partial charge in [-0.15, -0.1) is 0 Å². The highest BCUT2D eigenvalue weighted by Gasteiger charge is 2.30. The second kappa shape index (κ2) is 8.76. The van der Waals surface area contributed by atoms with Crippen molar-refractivity contribution in [3.63, 3.8) is 0 Å². The first-order valence-electron chi connectivity index (χ1n) is 10.5. The van der Waals surface area contributed by atoms with Crippen molar-refractivity contribution in [1.29, 1.82) is 5.41 Å². The number of hydrogen-bond donors (Lipinski definition) is 3. The summed E-state index contributed by atoms with van der Waals surface area (Å²) in [7, 11) is 3.44. The topological polar surface area (TPSA) is 97.6 Å². The molecule has 2 atom stereocenters. The molecule has 1 aromatic heterocycles. The number of β-amino-alcohol motifs (C(OH)–C–C–N with tert-alkyl or cyclic N) is 1. The Hall–Kier alpha value is -2.78. The van der Waals surface area contributed by atoms with Gasteiger partial charge in [0.2, 0.25) is 0 Å². The molecule has 0 radical (unpaired) electrons. The maximum atomic E-state index is 14.9. The molecular weight excluding hydrogens is 399 g/mol. The Morgan fingerprint density at radius 2 is 2.03 bits per heavy atom. The zero-order valence-corrected chi connectivity index (χ0v) is 18.1. The van der Waals surface area contributed by atoms with Gasteiger partial charge in [0.05, 0.1) is 13.2 Å². The van der Waals surface area contributed by atoms with Crippen LogP contribution in [0.15, 0.2) is 18.2 Å². The van der Waals surface area contributed by atoms with Crippen molar-refractivity contribution in [3.05, 3.63) is 34.9 Å². The van der Waals surface area contributed by atoms with Crippen molar-refractivity contribution in [1.82, 2.24) is 14.9 Å². The number of nitrogens with one attached hydrogen (secondary N) is 2. The fourth-order valence-electron chi connectivity index (χ4n) is 4.29. The summed E-state index contributed by atoms with van der Waals surface area (Å²) in [5.74, 6) is 0.999. The van der Waals surface area contributed by atoms with Crippen molar-refractivity contribution in [2.75, 3.05) is 50.6 Å². The van der Waals surface area contributed by atoms with Gasteiger partial charge < -0.3 is 30.4 Å². The van der Waals surface area contributed by atoms with Crippen LogP contribution in [0.3, 0.4) is 0 Å². The summed E-state index contributed by atoms with van der Waals surface area (Å²) in [5, 5.41) is 20.7. The molecule has 2 aliphatic heterocycles. The van der Waals surface area contributed by atoms with E-state index in [0.29, 0.717) is 42.5 Å². The Balaban J connectivity index is 1.66. The van der Waals surface area contributed by atoms with Crippen LogP contribution in [0.1, 0.15) is 29.0 Å². The number of hydrogen-bond acceptors (Lipinski definition) is 8. The largest absolute Gasteiger partial charge is 0.467 e. The highest BCUT2D eigenvalue weighted by Crippen LogP contribution is 2.36. The molecule has 2 saturated heterocycles. The number of aliphatic hydroxyl groups is 1. The zero-order valence-electron chi connectivity index (χ0n) is 18.1. The summed E-state index contributed by atoms with van der Waals surface area (Å²) >= 11 is 0. The number of rotatable bonds is 6. The van der Waals surface area contributed by atoms with Crippen LogP contribution < -0.4 is 15.0 Å². The number of aliphatic hydroxyl groups excluding tert-OH is 1. The molecule has 0 saturated carbocycles. The molecule has 3 heterocycles. The van der Waals surface area contributed by atoms with Crippen LogP contribution in [0, 0.1) is 12.3 Å². The summed E-state index contributed by atoms with van der Waals surface area (Å²) in [6.07, 6.45) is 0.751. The molecular formula is C22H29FN6O2. The van der Waals surface area contributed by atoms with Gasteiger partial charge >= 0.3 is 6.01 Å². The van der Waals surface area contributed by atoms with Gasteiger partial charge in [-0.1, -0.05) is 0 Å². The lowest BCUT2D eigenvalue weighted by molar-refractivity contribution is 0.139. The van der Waals surface area contributed by atoms with Crippen molar-refractivity contribution >= 4 is 23.5 Å². The van der Waals surface area contributed by atoms with Crippen LogP contribution in [-0.2, 0) is 0 Å². The van der Waals surface area contributed by atoms with Gasteiger partial charge in [-0.05, 0) is 50.2 Å². The maximum Gasteiger partial charge on any atom is 0.320 e. The summed E-state index contributed by atoms with van der Waals surface area (Å²) in [6.45, 7) is 4.27. The summed E-state index contributed by atoms with van der Waals surface area (Å²) in [4.78, 5) is 12.7. The van der Waals surface area contributed by atoms with Crippen LogP contribution in [0.25, 0.3) is 0 Å². The van der Waals surface area contributed by atoms with Crippen LogP contribution in [-0.4, -0.2) is 78.8 Å². The molecule has 3 N–H and O–H groups in total. The first-order valence-corrected chi connectivity index (χ1v) is 10.5. The lowest BCUT2D eigenvalue weighted by atomic mass is 9.84. The van der Waals surface area contributed by atoms with E-state index < -0.39 is 6.17 Å². The summed E-state index contributed by atoms with van der Waals surface area (Å²) in [5.41, 5.74) is 3.33. The maximum absolute atomic E-state index is 14.9. The second-order valence-electron chi connectivity index (χ2n) is 8.40. The van der Waals surface area contributed by atoms with E-state index in [1.165, 1.54) is 13.3 Å². The number of halogens is 1. The predicted octanol–water partition coefficient (Wildman–Crippen LogP) is 2.47. The number of piperidine rings is 1. The Kier molecular flexibility index (Phi) is 6.06. The molecule has 2 aromatic rings.